The lowest BCUT2D eigenvalue weighted by Crippen LogP contribution is -2.03. The van der Waals surface area contributed by atoms with Gasteiger partial charge in [-0.1, -0.05) is 6.07 Å². The maximum atomic E-state index is 10.9. The molecule has 1 aromatic carbocycles. The van der Waals surface area contributed by atoms with Gasteiger partial charge >= 0.3 is 5.97 Å². The van der Waals surface area contributed by atoms with Gasteiger partial charge in [0.1, 0.15) is 0 Å². The molecule has 1 heterocycles. The van der Waals surface area contributed by atoms with E-state index in [1.807, 2.05) is 19.1 Å². The van der Waals surface area contributed by atoms with Crippen molar-refractivity contribution in [1.29, 1.82) is 0 Å². The monoisotopic (exact) mass is 325 g/mol. The van der Waals surface area contributed by atoms with Crippen LogP contribution in [0.5, 0.6) is 0 Å². The van der Waals surface area contributed by atoms with Crippen LogP contribution in [0.4, 0.5) is 5.69 Å². The Morgan fingerprint density at radius 1 is 1.44 bits per heavy atom. The molecule has 1 aromatic heterocycles. The van der Waals surface area contributed by atoms with E-state index in [9.17, 15) is 4.79 Å². The summed E-state index contributed by atoms with van der Waals surface area (Å²) in [5.74, 6) is -0.906. The predicted molar refractivity (Wildman–Crippen MR) is 77.5 cm³/mol. The number of benzene rings is 1. The largest absolute Gasteiger partial charge is 0.478 e. The summed E-state index contributed by atoms with van der Waals surface area (Å²) in [7, 11) is 0. The van der Waals surface area contributed by atoms with E-state index in [0.29, 0.717) is 12.1 Å². The summed E-state index contributed by atoms with van der Waals surface area (Å²) in [6, 6.07) is 7.15. The van der Waals surface area contributed by atoms with Crippen LogP contribution in [-0.4, -0.2) is 11.1 Å². The lowest BCUT2D eigenvalue weighted by atomic mass is 10.1. The molecule has 94 valence electrons. The van der Waals surface area contributed by atoms with E-state index < -0.39 is 5.97 Å². The van der Waals surface area contributed by atoms with E-state index in [1.165, 1.54) is 5.56 Å². The van der Waals surface area contributed by atoms with Crippen LogP contribution in [0.1, 0.15) is 21.5 Å². The summed E-state index contributed by atoms with van der Waals surface area (Å²) in [5.41, 5.74) is 3.37. The van der Waals surface area contributed by atoms with Crippen molar-refractivity contribution in [2.24, 2.45) is 0 Å². The van der Waals surface area contributed by atoms with Crippen LogP contribution < -0.4 is 5.32 Å². The maximum absolute atomic E-state index is 10.9. The van der Waals surface area contributed by atoms with E-state index in [2.05, 4.69) is 26.6 Å². The van der Waals surface area contributed by atoms with Crippen molar-refractivity contribution in [3.8, 4) is 0 Å². The Bertz CT molecular complexity index is 580. The van der Waals surface area contributed by atoms with Gasteiger partial charge in [-0.2, -0.15) is 0 Å². The molecular weight excluding hydrogens is 314 g/mol. The molecule has 3 nitrogen and oxygen atoms in total. The second-order valence-corrected chi connectivity index (χ2v) is 6.24. The average molecular weight is 326 g/mol. The average Bonchev–Trinajstić information content (AvgIpc) is 2.74. The number of carboxylic acids is 1. The van der Waals surface area contributed by atoms with Crippen molar-refractivity contribution < 1.29 is 9.90 Å². The molecule has 0 bridgehead atoms. The lowest BCUT2D eigenvalue weighted by molar-refractivity contribution is 0.0697. The minimum atomic E-state index is -0.906. The van der Waals surface area contributed by atoms with E-state index in [4.69, 9.17) is 5.11 Å². The Labute approximate surface area is 118 Å². The van der Waals surface area contributed by atoms with Gasteiger partial charge in [0.25, 0.3) is 0 Å². The number of hydrogen-bond acceptors (Lipinski definition) is 3. The van der Waals surface area contributed by atoms with Gasteiger partial charge in [0.2, 0.25) is 0 Å². The number of halogens is 1. The summed E-state index contributed by atoms with van der Waals surface area (Å²) in [6.07, 6.45) is 0. The van der Waals surface area contributed by atoms with Gasteiger partial charge in [0, 0.05) is 12.2 Å². The van der Waals surface area contributed by atoms with Crippen molar-refractivity contribution in [3.63, 3.8) is 0 Å². The Morgan fingerprint density at radius 3 is 2.83 bits per heavy atom. The molecule has 0 radical (unpaired) electrons. The SMILES string of the molecule is Cc1ccc(C(=O)O)cc1NCc1csc(Br)c1. The quantitative estimate of drug-likeness (QED) is 0.888. The molecular formula is C13H12BrNO2S. The third kappa shape index (κ3) is 3.11. The summed E-state index contributed by atoms with van der Waals surface area (Å²) in [6.45, 7) is 2.64. The predicted octanol–water partition coefficient (Wildman–Crippen LogP) is 4.13. The molecule has 0 aliphatic rings. The molecule has 2 N–H and O–H groups in total. The smallest absolute Gasteiger partial charge is 0.335 e. The third-order valence-corrected chi connectivity index (χ3v) is 4.14. The molecule has 0 amide bonds. The van der Waals surface area contributed by atoms with E-state index >= 15 is 0 Å². The van der Waals surface area contributed by atoms with Crippen LogP contribution in [0, 0.1) is 6.92 Å². The fraction of sp³-hybridized carbons (Fsp3) is 0.154. The van der Waals surface area contributed by atoms with Crippen LogP contribution >= 0.6 is 27.3 Å². The zero-order valence-electron chi connectivity index (χ0n) is 9.74. The van der Waals surface area contributed by atoms with Crippen LogP contribution in [0.3, 0.4) is 0 Å². The fourth-order valence-corrected chi connectivity index (χ4v) is 2.79. The minimum absolute atomic E-state index is 0.301. The number of carboxylic acid groups (broad SMARTS) is 1. The van der Waals surface area contributed by atoms with Crippen LogP contribution in [0.15, 0.2) is 33.4 Å². The van der Waals surface area contributed by atoms with Gasteiger partial charge in [-0.25, -0.2) is 4.79 Å². The summed E-state index contributed by atoms with van der Waals surface area (Å²) >= 11 is 5.05. The zero-order valence-corrected chi connectivity index (χ0v) is 12.1. The molecule has 18 heavy (non-hydrogen) atoms. The number of thiophene rings is 1. The first-order valence-electron chi connectivity index (χ1n) is 5.37. The Kier molecular flexibility index (Phi) is 4.04. The van der Waals surface area contributed by atoms with Gasteiger partial charge < -0.3 is 10.4 Å². The zero-order chi connectivity index (χ0) is 13.1. The van der Waals surface area contributed by atoms with Crippen LogP contribution in [0.25, 0.3) is 0 Å². The number of aryl methyl sites for hydroxylation is 1. The van der Waals surface area contributed by atoms with E-state index in [-0.39, 0.29) is 0 Å². The Balaban J connectivity index is 2.13. The standard InChI is InChI=1S/C13H12BrNO2S/c1-8-2-3-10(13(16)17)5-11(8)15-6-9-4-12(14)18-7-9/h2-5,7,15H,6H2,1H3,(H,16,17). The molecule has 0 spiro atoms. The summed E-state index contributed by atoms with van der Waals surface area (Å²) < 4.78 is 1.09. The van der Waals surface area contributed by atoms with Crippen LogP contribution in [-0.2, 0) is 6.54 Å². The van der Waals surface area contributed by atoms with Crippen molar-refractivity contribution in [1.82, 2.24) is 0 Å². The highest BCUT2D eigenvalue weighted by atomic mass is 79.9. The minimum Gasteiger partial charge on any atom is -0.478 e. The topological polar surface area (TPSA) is 49.3 Å². The highest BCUT2D eigenvalue weighted by Gasteiger charge is 2.06. The first-order chi connectivity index (χ1) is 8.56. The second kappa shape index (κ2) is 5.54. The normalized spacial score (nSPS) is 10.3. The van der Waals surface area contributed by atoms with E-state index in [0.717, 1.165) is 15.0 Å². The molecule has 0 saturated carbocycles. The molecule has 2 rings (SSSR count). The first-order valence-corrected chi connectivity index (χ1v) is 7.04. The van der Waals surface area contributed by atoms with Crippen molar-refractivity contribution in [3.05, 3.63) is 50.1 Å². The number of rotatable bonds is 4. The fourth-order valence-electron chi connectivity index (χ4n) is 1.58. The molecule has 0 aliphatic carbocycles. The molecule has 5 heteroatoms. The van der Waals surface area contributed by atoms with Gasteiger partial charge in [0.05, 0.1) is 9.35 Å². The third-order valence-electron chi connectivity index (χ3n) is 2.59. The maximum Gasteiger partial charge on any atom is 0.335 e. The van der Waals surface area contributed by atoms with Gasteiger partial charge in [-0.3, -0.25) is 0 Å². The number of hydrogen-bond donors (Lipinski definition) is 2. The molecule has 2 aromatic rings. The summed E-state index contributed by atoms with van der Waals surface area (Å²) in [4.78, 5) is 10.9. The van der Waals surface area contributed by atoms with Crippen LogP contribution in [0.2, 0.25) is 0 Å². The molecule has 0 unspecified atom stereocenters. The molecule has 0 fully saturated rings. The number of carbonyl (C=O) groups is 1. The second-order valence-electron chi connectivity index (χ2n) is 3.95. The van der Waals surface area contributed by atoms with E-state index in [1.54, 1.807) is 23.5 Å². The highest BCUT2D eigenvalue weighted by molar-refractivity contribution is 9.11. The van der Waals surface area contributed by atoms with Crippen molar-refractivity contribution in [2.75, 3.05) is 5.32 Å². The molecule has 0 saturated heterocycles. The first kappa shape index (κ1) is 13.1. The van der Waals surface area contributed by atoms with Gasteiger partial charge in [-0.05, 0) is 57.6 Å². The lowest BCUT2D eigenvalue weighted by Gasteiger charge is -2.09. The number of aromatic carboxylic acids is 1. The Morgan fingerprint density at radius 2 is 2.22 bits per heavy atom. The van der Waals surface area contributed by atoms with Crippen molar-refractivity contribution >= 4 is 38.9 Å². The molecule has 0 atom stereocenters. The summed E-state index contributed by atoms with van der Waals surface area (Å²) in [5, 5.41) is 14.3. The molecule has 0 aliphatic heterocycles. The number of anilines is 1. The number of nitrogens with one attached hydrogen (secondary N) is 1. The highest BCUT2D eigenvalue weighted by Crippen LogP contribution is 2.23. The van der Waals surface area contributed by atoms with Gasteiger partial charge in [0.15, 0.2) is 0 Å². The Hall–Kier alpha value is -1.33. The van der Waals surface area contributed by atoms with Gasteiger partial charge in [-0.15, -0.1) is 11.3 Å². The van der Waals surface area contributed by atoms with Crippen molar-refractivity contribution in [2.45, 2.75) is 13.5 Å².